The van der Waals surface area contributed by atoms with Gasteiger partial charge >= 0.3 is 0 Å². The molecule has 0 aliphatic heterocycles. The quantitative estimate of drug-likeness (QED) is 0.676. The van der Waals surface area contributed by atoms with E-state index in [-0.39, 0.29) is 5.92 Å². The van der Waals surface area contributed by atoms with Crippen LogP contribution in [0.2, 0.25) is 0 Å². The van der Waals surface area contributed by atoms with Crippen LogP contribution in [0.25, 0.3) is 0 Å². The number of nitriles is 1. The van der Waals surface area contributed by atoms with Gasteiger partial charge in [-0.3, -0.25) is 4.68 Å². The van der Waals surface area contributed by atoms with Crippen LogP contribution in [-0.2, 0) is 19.4 Å². The number of aryl methyl sites for hydroxylation is 2. The van der Waals surface area contributed by atoms with Crippen LogP contribution in [0.3, 0.4) is 0 Å². The lowest BCUT2D eigenvalue weighted by molar-refractivity contribution is 0.518. The Hall–Kier alpha value is -1.30. The summed E-state index contributed by atoms with van der Waals surface area (Å²) in [5.74, 6) is 0.198. The van der Waals surface area contributed by atoms with E-state index in [1.165, 1.54) is 11.3 Å². The van der Waals surface area contributed by atoms with E-state index in [1.54, 1.807) is 0 Å². The van der Waals surface area contributed by atoms with E-state index in [1.807, 2.05) is 4.68 Å². The summed E-state index contributed by atoms with van der Waals surface area (Å²) in [6.45, 7) is 5.08. The van der Waals surface area contributed by atoms with Crippen LogP contribution in [0.15, 0.2) is 0 Å². The molecule has 0 saturated carbocycles. The maximum absolute atomic E-state index is 8.91. The van der Waals surface area contributed by atoms with Crippen LogP contribution in [0, 0.1) is 24.2 Å². The van der Waals surface area contributed by atoms with Gasteiger partial charge in [0.25, 0.3) is 0 Å². The molecule has 0 amide bonds. The Morgan fingerprint density at radius 1 is 1.64 bits per heavy atom. The van der Waals surface area contributed by atoms with Crippen molar-refractivity contribution in [3.05, 3.63) is 17.0 Å². The lowest BCUT2D eigenvalue weighted by Crippen LogP contribution is -2.15. The van der Waals surface area contributed by atoms with Crippen molar-refractivity contribution in [2.24, 2.45) is 5.92 Å². The highest BCUT2D eigenvalue weighted by molar-refractivity contribution is 5.29. The fourth-order valence-corrected chi connectivity index (χ4v) is 2.25. The summed E-state index contributed by atoms with van der Waals surface area (Å²) in [6.07, 6.45) is 2.92. The van der Waals surface area contributed by atoms with Crippen LogP contribution in [-0.4, -0.2) is 9.78 Å². The second kappa shape index (κ2) is 3.45. The monoisotopic (exact) mass is 189 g/mol. The van der Waals surface area contributed by atoms with Crippen molar-refractivity contribution in [1.82, 2.24) is 9.78 Å². The van der Waals surface area contributed by atoms with Gasteiger partial charge in [0.1, 0.15) is 0 Å². The van der Waals surface area contributed by atoms with E-state index in [0.717, 1.165) is 31.5 Å². The molecule has 0 spiro atoms. The first-order chi connectivity index (χ1) is 6.76. The molecule has 1 aromatic rings. The van der Waals surface area contributed by atoms with Gasteiger partial charge < -0.3 is 0 Å². The van der Waals surface area contributed by atoms with Crippen LogP contribution in [0.5, 0.6) is 0 Å². The maximum Gasteiger partial charge on any atom is 0.0659 e. The summed E-state index contributed by atoms with van der Waals surface area (Å²) in [5.41, 5.74) is 3.83. The highest BCUT2D eigenvalue weighted by Crippen LogP contribution is 2.27. The van der Waals surface area contributed by atoms with Gasteiger partial charge in [0, 0.05) is 18.7 Å². The largest absolute Gasteiger partial charge is 0.269 e. The molecule has 74 valence electrons. The van der Waals surface area contributed by atoms with E-state index in [4.69, 9.17) is 5.26 Å². The minimum atomic E-state index is 0.198. The van der Waals surface area contributed by atoms with Gasteiger partial charge in [0.05, 0.1) is 17.7 Å². The van der Waals surface area contributed by atoms with Gasteiger partial charge in [-0.25, -0.2) is 0 Å². The number of hydrogen-bond donors (Lipinski definition) is 0. The second-order valence-corrected chi connectivity index (χ2v) is 3.90. The number of hydrogen-bond acceptors (Lipinski definition) is 2. The third-order valence-corrected chi connectivity index (χ3v) is 3.03. The zero-order valence-corrected chi connectivity index (χ0v) is 8.75. The molecule has 0 saturated heterocycles. The summed E-state index contributed by atoms with van der Waals surface area (Å²) < 4.78 is 2.05. The maximum atomic E-state index is 8.91. The van der Waals surface area contributed by atoms with E-state index in [0.29, 0.717) is 0 Å². The van der Waals surface area contributed by atoms with E-state index < -0.39 is 0 Å². The predicted molar refractivity (Wildman–Crippen MR) is 53.8 cm³/mol. The average molecular weight is 189 g/mol. The molecular weight excluding hydrogens is 174 g/mol. The number of aromatic nitrogens is 2. The molecule has 1 heterocycles. The molecule has 1 aromatic heterocycles. The fraction of sp³-hybridized carbons (Fsp3) is 0.636. The summed E-state index contributed by atoms with van der Waals surface area (Å²) in [7, 11) is 0. The molecule has 1 aliphatic carbocycles. The Balaban J connectivity index is 2.40. The van der Waals surface area contributed by atoms with Crippen molar-refractivity contribution >= 4 is 0 Å². The highest BCUT2D eigenvalue weighted by Gasteiger charge is 2.23. The molecule has 0 N–H and O–H groups in total. The van der Waals surface area contributed by atoms with Crippen molar-refractivity contribution < 1.29 is 0 Å². The average Bonchev–Trinajstić information content (AvgIpc) is 2.55. The molecule has 1 unspecified atom stereocenters. The standard InChI is InChI=1S/C11H15N3/c1-3-14-11-6-9(7-12)4-5-10(11)8(2)13-14/h9H,3-6H2,1-2H3. The molecule has 0 aromatic carbocycles. The molecule has 2 rings (SSSR count). The summed E-state index contributed by atoms with van der Waals surface area (Å²) in [5, 5.41) is 13.4. The number of fused-ring (bicyclic) bond motifs is 1. The van der Waals surface area contributed by atoms with Crippen LogP contribution in [0.1, 0.15) is 30.3 Å². The minimum absolute atomic E-state index is 0.198. The Kier molecular flexibility index (Phi) is 2.28. The summed E-state index contributed by atoms with van der Waals surface area (Å²) in [4.78, 5) is 0. The molecule has 0 bridgehead atoms. The van der Waals surface area contributed by atoms with Crippen LogP contribution in [0.4, 0.5) is 0 Å². The van der Waals surface area contributed by atoms with Crippen molar-refractivity contribution in [1.29, 1.82) is 5.26 Å². The number of nitrogens with zero attached hydrogens (tertiary/aromatic N) is 3. The Labute approximate surface area is 84.3 Å². The zero-order valence-electron chi connectivity index (χ0n) is 8.75. The van der Waals surface area contributed by atoms with Gasteiger partial charge in [-0.2, -0.15) is 10.4 Å². The third kappa shape index (κ3) is 1.31. The van der Waals surface area contributed by atoms with Gasteiger partial charge in [-0.1, -0.05) is 0 Å². The summed E-state index contributed by atoms with van der Waals surface area (Å²) in [6, 6.07) is 2.36. The zero-order chi connectivity index (χ0) is 10.1. The first-order valence-electron chi connectivity index (χ1n) is 5.21. The molecule has 3 nitrogen and oxygen atoms in total. The smallest absolute Gasteiger partial charge is 0.0659 e. The first kappa shape index (κ1) is 9.26. The topological polar surface area (TPSA) is 41.6 Å². The Morgan fingerprint density at radius 2 is 2.43 bits per heavy atom. The van der Waals surface area contributed by atoms with E-state index in [9.17, 15) is 0 Å². The van der Waals surface area contributed by atoms with Crippen molar-refractivity contribution in [3.8, 4) is 6.07 Å². The van der Waals surface area contributed by atoms with Crippen molar-refractivity contribution in [2.45, 2.75) is 39.7 Å². The predicted octanol–water partition coefficient (Wildman–Crippen LogP) is 1.84. The van der Waals surface area contributed by atoms with Crippen LogP contribution < -0.4 is 0 Å². The van der Waals surface area contributed by atoms with Crippen molar-refractivity contribution in [3.63, 3.8) is 0 Å². The van der Waals surface area contributed by atoms with Gasteiger partial charge in [-0.15, -0.1) is 0 Å². The Morgan fingerprint density at radius 3 is 3.07 bits per heavy atom. The molecule has 0 radical (unpaired) electrons. The normalized spacial score (nSPS) is 20.2. The lowest BCUT2D eigenvalue weighted by Gasteiger charge is -2.17. The van der Waals surface area contributed by atoms with Crippen LogP contribution >= 0.6 is 0 Å². The second-order valence-electron chi connectivity index (χ2n) is 3.90. The van der Waals surface area contributed by atoms with E-state index in [2.05, 4.69) is 25.0 Å². The first-order valence-corrected chi connectivity index (χ1v) is 5.21. The summed E-state index contributed by atoms with van der Waals surface area (Å²) >= 11 is 0. The molecule has 0 fully saturated rings. The molecule has 3 heteroatoms. The van der Waals surface area contributed by atoms with Gasteiger partial charge in [-0.05, 0) is 32.3 Å². The molecule has 14 heavy (non-hydrogen) atoms. The molecule has 1 atom stereocenters. The highest BCUT2D eigenvalue weighted by atomic mass is 15.3. The molecular formula is C11H15N3. The lowest BCUT2D eigenvalue weighted by atomic mass is 9.88. The van der Waals surface area contributed by atoms with E-state index >= 15 is 0 Å². The van der Waals surface area contributed by atoms with Crippen molar-refractivity contribution in [2.75, 3.05) is 0 Å². The number of rotatable bonds is 1. The fourth-order valence-electron chi connectivity index (χ4n) is 2.25. The third-order valence-electron chi connectivity index (χ3n) is 3.03. The Bertz CT molecular complexity index is 384. The van der Waals surface area contributed by atoms with Gasteiger partial charge in [0.15, 0.2) is 0 Å². The SMILES string of the molecule is CCn1nc(C)c2c1CC(C#N)CC2. The van der Waals surface area contributed by atoms with Gasteiger partial charge in [0.2, 0.25) is 0 Å². The minimum Gasteiger partial charge on any atom is -0.269 e. The molecule has 1 aliphatic rings.